The highest BCUT2D eigenvalue weighted by Crippen LogP contribution is 2.26. The van der Waals surface area contributed by atoms with E-state index in [9.17, 15) is 5.11 Å². The number of nitrogens with two attached hydrogens (primary N) is 1. The predicted octanol–water partition coefficient (Wildman–Crippen LogP) is 1.56. The van der Waals surface area contributed by atoms with Crippen molar-refractivity contribution in [2.75, 3.05) is 0 Å². The van der Waals surface area contributed by atoms with E-state index < -0.39 is 0 Å². The van der Waals surface area contributed by atoms with Gasteiger partial charge >= 0.3 is 0 Å². The van der Waals surface area contributed by atoms with E-state index in [1.807, 2.05) is 24.4 Å². The third kappa shape index (κ3) is 1.70. The maximum atomic E-state index is 9.78. The van der Waals surface area contributed by atoms with Gasteiger partial charge in [0.2, 0.25) is 0 Å². The molecule has 0 atom stereocenters. The number of hydrogen-bond acceptors (Lipinski definition) is 4. The molecule has 1 aromatic carbocycles. The molecule has 3 aromatic rings. The molecule has 5 heteroatoms. The number of fused-ring (bicyclic) bond motifs is 1. The summed E-state index contributed by atoms with van der Waals surface area (Å²) in [6, 6.07) is 10.8. The molecule has 3 N–H and O–H groups in total. The quantitative estimate of drug-likeness (QED) is 0.712. The fourth-order valence-electron chi connectivity index (χ4n) is 1.83. The Morgan fingerprint density at radius 3 is 2.83 bits per heavy atom. The van der Waals surface area contributed by atoms with Gasteiger partial charge in [-0.15, -0.1) is 5.10 Å². The summed E-state index contributed by atoms with van der Waals surface area (Å²) < 4.78 is 1.67. The molecule has 2 aromatic heterocycles. The Morgan fingerprint density at radius 2 is 2.06 bits per heavy atom. The van der Waals surface area contributed by atoms with Gasteiger partial charge in [-0.25, -0.2) is 9.50 Å². The number of aromatic nitrogens is 3. The average Bonchev–Trinajstić information content (AvgIpc) is 2.81. The molecule has 3 rings (SSSR count). The number of aromatic hydroxyl groups is 1. The summed E-state index contributed by atoms with van der Waals surface area (Å²) in [6.07, 6.45) is 1.81. The molecular weight excluding hydrogens is 228 g/mol. The molecular formula is C13H12N4O. The molecule has 0 spiro atoms. The van der Waals surface area contributed by atoms with Gasteiger partial charge in [0.05, 0.1) is 5.56 Å². The van der Waals surface area contributed by atoms with Crippen LogP contribution in [0.2, 0.25) is 0 Å². The van der Waals surface area contributed by atoms with Crippen LogP contribution in [0.5, 0.6) is 5.75 Å². The van der Waals surface area contributed by atoms with Gasteiger partial charge in [0, 0.05) is 12.7 Å². The predicted molar refractivity (Wildman–Crippen MR) is 68.0 cm³/mol. The second-order valence-corrected chi connectivity index (χ2v) is 3.99. The van der Waals surface area contributed by atoms with Crippen molar-refractivity contribution in [3.8, 4) is 17.1 Å². The highest BCUT2D eigenvalue weighted by Gasteiger charge is 2.09. The Kier molecular flexibility index (Phi) is 2.46. The van der Waals surface area contributed by atoms with Crippen LogP contribution in [0.3, 0.4) is 0 Å². The van der Waals surface area contributed by atoms with Gasteiger partial charge in [-0.05, 0) is 29.8 Å². The minimum Gasteiger partial charge on any atom is -0.507 e. The molecule has 0 bridgehead atoms. The summed E-state index contributed by atoms with van der Waals surface area (Å²) in [5, 5.41) is 14.1. The average molecular weight is 240 g/mol. The number of phenolic OH excluding ortho intramolecular Hbond substituents is 1. The van der Waals surface area contributed by atoms with Crippen LogP contribution in [0.4, 0.5) is 0 Å². The van der Waals surface area contributed by atoms with E-state index in [-0.39, 0.29) is 5.75 Å². The van der Waals surface area contributed by atoms with E-state index in [1.54, 1.807) is 22.7 Å². The number of rotatable bonds is 2. The molecule has 0 saturated heterocycles. The fourth-order valence-corrected chi connectivity index (χ4v) is 1.83. The number of para-hydroxylation sites is 1. The van der Waals surface area contributed by atoms with Gasteiger partial charge in [0.15, 0.2) is 11.5 Å². The first-order chi connectivity index (χ1) is 8.78. The molecule has 0 amide bonds. The Balaban J connectivity index is 2.17. The SMILES string of the molecule is NCc1ccn2nc(-c3ccccc3O)nc2c1. The van der Waals surface area contributed by atoms with Gasteiger partial charge in [0.25, 0.3) is 0 Å². The lowest BCUT2D eigenvalue weighted by Crippen LogP contribution is -1.97. The number of phenols is 1. The molecule has 0 aliphatic heterocycles. The van der Waals surface area contributed by atoms with Crippen LogP contribution in [0.15, 0.2) is 42.6 Å². The third-order valence-electron chi connectivity index (χ3n) is 2.78. The highest BCUT2D eigenvalue weighted by atomic mass is 16.3. The van der Waals surface area contributed by atoms with Crippen molar-refractivity contribution < 1.29 is 5.11 Å². The maximum Gasteiger partial charge on any atom is 0.185 e. The molecule has 0 aliphatic carbocycles. The lowest BCUT2D eigenvalue weighted by atomic mass is 10.2. The van der Waals surface area contributed by atoms with Gasteiger partial charge in [-0.1, -0.05) is 12.1 Å². The highest BCUT2D eigenvalue weighted by molar-refractivity contribution is 5.65. The van der Waals surface area contributed by atoms with Gasteiger partial charge in [-0.2, -0.15) is 0 Å². The van der Waals surface area contributed by atoms with E-state index in [0.29, 0.717) is 17.9 Å². The number of hydrogen-bond donors (Lipinski definition) is 2. The van der Waals surface area contributed by atoms with E-state index >= 15 is 0 Å². The van der Waals surface area contributed by atoms with Crippen LogP contribution in [-0.2, 0) is 6.54 Å². The minimum absolute atomic E-state index is 0.174. The van der Waals surface area contributed by atoms with Crippen molar-refractivity contribution in [2.45, 2.75) is 6.54 Å². The fraction of sp³-hybridized carbons (Fsp3) is 0.0769. The lowest BCUT2D eigenvalue weighted by molar-refractivity contribution is 0.477. The lowest BCUT2D eigenvalue weighted by Gasteiger charge is -1.97. The van der Waals surface area contributed by atoms with Crippen LogP contribution in [-0.4, -0.2) is 19.7 Å². The van der Waals surface area contributed by atoms with Crippen molar-refractivity contribution >= 4 is 5.65 Å². The monoisotopic (exact) mass is 240 g/mol. The van der Waals surface area contributed by atoms with Crippen molar-refractivity contribution in [3.05, 3.63) is 48.2 Å². The molecule has 0 fully saturated rings. The largest absolute Gasteiger partial charge is 0.507 e. The zero-order chi connectivity index (χ0) is 12.5. The van der Waals surface area contributed by atoms with Crippen molar-refractivity contribution in [1.82, 2.24) is 14.6 Å². The standard InChI is InChI=1S/C13H12N4O/c14-8-9-5-6-17-12(7-9)15-13(16-17)10-3-1-2-4-11(10)18/h1-7,18H,8,14H2. The van der Waals surface area contributed by atoms with Crippen LogP contribution < -0.4 is 5.73 Å². The second-order valence-electron chi connectivity index (χ2n) is 3.99. The second kappa shape index (κ2) is 4.12. The van der Waals surface area contributed by atoms with Crippen molar-refractivity contribution in [1.29, 1.82) is 0 Å². The first kappa shape index (κ1) is 10.7. The first-order valence-electron chi connectivity index (χ1n) is 5.61. The summed E-state index contributed by atoms with van der Waals surface area (Å²) in [6.45, 7) is 0.468. The summed E-state index contributed by atoms with van der Waals surface area (Å²) in [5.41, 5.74) is 7.92. The van der Waals surface area contributed by atoms with Gasteiger partial charge < -0.3 is 10.8 Å². The zero-order valence-corrected chi connectivity index (χ0v) is 9.61. The Bertz CT molecular complexity index is 705. The van der Waals surface area contributed by atoms with Crippen molar-refractivity contribution in [2.24, 2.45) is 5.73 Å². The van der Waals surface area contributed by atoms with Crippen LogP contribution >= 0.6 is 0 Å². The summed E-state index contributed by atoms with van der Waals surface area (Å²) in [4.78, 5) is 4.39. The van der Waals surface area contributed by atoms with E-state index in [2.05, 4.69) is 10.1 Å². The summed E-state index contributed by atoms with van der Waals surface area (Å²) >= 11 is 0. The van der Waals surface area contributed by atoms with Crippen molar-refractivity contribution in [3.63, 3.8) is 0 Å². The molecule has 0 radical (unpaired) electrons. The van der Waals surface area contributed by atoms with Crippen LogP contribution in [0.1, 0.15) is 5.56 Å². The smallest absolute Gasteiger partial charge is 0.185 e. The van der Waals surface area contributed by atoms with Gasteiger partial charge in [0.1, 0.15) is 5.75 Å². The molecule has 90 valence electrons. The van der Waals surface area contributed by atoms with Crippen LogP contribution in [0.25, 0.3) is 17.0 Å². The van der Waals surface area contributed by atoms with E-state index in [0.717, 1.165) is 11.2 Å². The first-order valence-corrected chi connectivity index (χ1v) is 5.61. The molecule has 2 heterocycles. The van der Waals surface area contributed by atoms with E-state index in [1.165, 1.54) is 0 Å². The normalized spacial score (nSPS) is 10.9. The minimum atomic E-state index is 0.174. The number of pyridine rings is 1. The zero-order valence-electron chi connectivity index (χ0n) is 9.61. The summed E-state index contributed by atoms with van der Waals surface area (Å²) in [5.74, 6) is 0.676. The molecule has 5 nitrogen and oxygen atoms in total. The van der Waals surface area contributed by atoms with Gasteiger partial charge in [-0.3, -0.25) is 0 Å². The molecule has 0 unspecified atom stereocenters. The Labute approximate surface area is 104 Å². The topological polar surface area (TPSA) is 76.4 Å². The molecule has 0 saturated carbocycles. The van der Waals surface area contributed by atoms with Crippen LogP contribution in [0, 0.1) is 0 Å². The maximum absolute atomic E-state index is 9.78. The van der Waals surface area contributed by atoms with E-state index in [4.69, 9.17) is 5.73 Å². The Morgan fingerprint density at radius 1 is 1.22 bits per heavy atom. The summed E-state index contributed by atoms with van der Waals surface area (Å²) in [7, 11) is 0. The third-order valence-corrected chi connectivity index (χ3v) is 2.78. The number of nitrogens with zero attached hydrogens (tertiary/aromatic N) is 3. The Hall–Kier alpha value is -2.40. The number of benzene rings is 1. The molecule has 0 aliphatic rings. The molecule has 18 heavy (non-hydrogen) atoms.